The average molecular weight is 677 g/mol. The van der Waals surface area contributed by atoms with Gasteiger partial charge in [0.25, 0.3) is 0 Å². The fourth-order valence-electron chi connectivity index (χ4n) is 9.21. The number of epoxide rings is 1. The predicted octanol–water partition coefficient (Wildman–Crippen LogP) is 13.4. The summed E-state index contributed by atoms with van der Waals surface area (Å²) in [7, 11) is 0. The molecule has 0 amide bonds. The zero-order valence-electron chi connectivity index (χ0n) is 28.8. The second kappa shape index (κ2) is 10.9. The quantitative estimate of drug-likeness (QED) is 0.169. The van der Waals surface area contributed by atoms with Gasteiger partial charge in [0.15, 0.2) is 0 Å². The van der Waals surface area contributed by atoms with Gasteiger partial charge >= 0.3 is 0 Å². The highest BCUT2D eigenvalue weighted by molar-refractivity contribution is 6.25. The summed E-state index contributed by atoms with van der Waals surface area (Å²) in [5.41, 5.74) is 16.8. The fraction of sp³-hybridized carbons (Fsp3) is 0.0400. The number of benzene rings is 8. The number of aromatic nitrogens is 1. The van der Waals surface area contributed by atoms with Crippen molar-refractivity contribution in [1.29, 1.82) is 0 Å². The van der Waals surface area contributed by atoms with Gasteiger partial charge in [0.05, 0.1) is 27.9 Å². The number of para-hydroxylation sites is 3. The minimum atomic E-state index is 0.0657. The first kappa shape index (κ1) is 29.0. The lowest BCUT2D eigenvalue weighted by Gasteiger charge is -2.31. The highest BCUT2D eigenvalue weighted by atomic mass is 16.6. The van der Waals surface area contributed by atoms with E-state index in [0.29, 0.717) is 0 Å². The Bertz CT molecular complexity index is 2990. The maximum absolute atomic E-state index is 6.40. The standard InChI is InChI=1S/C50H32N2O/c1-3-14-31(15-4-1)33-28-34(32-16-5-2-6-17-32)30-35(29-33)51(44-26-13-24-42-46(44)37-19-7-8-20-41(37)49-50(42)53-49)45-27-12-23-40-39-22-11-21-38-36-18-9-10-25-43(36)52(47(38)39)48(40)45/h1-30,49-50H. The molecule has 1 aliphatic heterocycles. The van der Waals surface area contributed by atoms with Crippen LogP contribution < -0.4 is 4.90 Å². The lowest BCUT2D eigenvalue weighted by atomic mass is 9.84. The minimum Gasteiger partial charge on any atom is -0.359 e. The van der Waals surface area contributed by atoms with Gasteiger partial charge in [0.2, 0.25) is 0 Å². The number of hydrogen-bond acceptors (Lipinski definition) is 2. The SMILES string of the molecule is c1ccc(-c2cc(-c3ccccc3)cc(N(c3cccc4c3-c3ccccc3C3OC43)c3cccc4c5cccc6c7ccccc7n(c34)c65)c2)cc1. The van der Waals surface area contributed by atoms with E-state index in [-0.39, 0.29) is 12.2 Å². The Morgan fingerprint density at radius 2 is 0.962 bits per heavy atom. The van der Waals surface area contributed by atoms with Crippen LogP contribution in [0.5, 0.6) is 0 Å². The molecule has 1 aliphatic carbocycles. The minimum absolute atomic E-state index is 0.0657. The summed E-state index contributed by atoms with van der Waals surface area (Å²) in [4.78, 5) is 2.53. The van der Waals surface area contributed by atoms with E-state index in [9.17, 15) is 0 Å². The van der Waals surface area contributed by atoms with E-state index in [1.807, 2.05) is 0 Å². The van der Waals surface area contributed by atoms with Crippen molar-refractivity contribution in [1.82, 2.24) is 4.40 Å². The Balaban J connectivity index is 1.23. The van der Waals surface area contributed by atoms with Crippen molar-refractivity contribution in [2.24, 2.45) is 0 Å². The Morgan fingerprint density at radius 1 is 0.415 bits per heavy atom. The summed E-state index contributed by atoms with van der Waals surface area (Å²) in [5, 5.41) is 5.08. The van der Waals surface area contributed by atoms with Crippen LogP contribution in [0, 0.1) is 0 Å². The summed E-state index contributed by atoms with van der Waals surface area (Å²) < 4.78 is 8.91. The molecule has 2 aromatic heterocycles. The number of nitrogens with zero attached hydrogens (tertiary/aromatic N) is 2. The lowest BCUT2D eigenvalue weighted by Crippen LogP contribution is -2.14. The summed E-state index contributed by atoms with van der Waals surface area (Å²) in [6.07, 6.45) is 0.180. The van der Waals surface area contributed by atoms with Gasteiger partial charge in [0, 0.05) is 32.8 Å². The zero-order chi connectivity index (χ0) is 34.6. The number of hydrogen-bond donors (Lipinski definition) is 0. The highest BCUT2D eigenvalue weighted by Crippen LogP contribution is 2.62. The van der Waals surface area contributed by atoms with Crippen molar-refractivity contribution in [3.05, 3.63) is 193 Å². The molecular weight excluding hydrogens is 645 g/mol. The van der Waals surface area contributed by atoms with Gasteiger partial charge in [-0.25, -0.2) is 0 Å². The average Bonchev–Trinajstić information content (AvgIpc) is 3.88. The van der Waals surface area contributed by atoms with Crippen molar-refractivity contribution < 1.29 is 4.74 Å². The maximum Gasteiger partial charge on any atom is 0.115 e. The van der Waals surface area contributed by atoms with Crippen molar-refractivity contribution in [2.75, 3.05) is 4.90 Å². The summed E-state index contributed by atoms with van der Waals surface area (Å²) >= 11 is 0. The molecule has 3 nitrogen and oxygen atoms in total. The maximum atomic E-state index is 6.40. The monoisotopic (exact) mass is 676 g/mol. The van der Waals surface area contributed by atoms with Gasteiger partial charge in [-0.2, -0.15) is 0 Å². The first-order valence-electron chi connectivity index (χ1n) is 18.4. The summed E-state index contributed by atoms with van der Waals surface area (Å²) in [6, 6.07) is 66.7. The second-order valence-electron chi connectivity index (χ2n) is 14.4. The third-order valence-electron chi connectivity index (χ3n) is 11.5. The molecule has 1 fully saturated rings. The molecule has 3 heteroatoms. The first-order chi connectivity index (χ1) is 26.3. The highest BCUT2D eigenvalue weighted by Gasteiger charge is 2.48. The first-order valence-corrected chi connectivity index (χ1v) is 18.4. The van der Waals surface area contributed by atoms with E-state index in [0.717, 1.165) is 17.1 Å². The molecule has 2 atom stereocenters. The molecule has 0 N–H and O–H groups in total. The molecule has 0 bridgehead atoms. The number of rotatable bonds is 5. The Labute approximate surface area is 306 Å². The number of ether oxygens (including phenoxy) is 1. The molecule has 53 heavy (non-hydrogen) atoms. The van der Waals surface area contributed by atoms with Crippen LogP contribution in [0.15, 0.2) is 182 Å². The van der Waals surface area contributed by atoms with E-state index in [4.69, 9.17) is 4.74 Å². The van der Waals surface area contributed by atoms with E-state index in [1.165, 1.54) is 82.6 Å². The predicted molar refractivity (Wildman–Crippen MR) is 219 cm³/mol. The van der Waals surface area contributed by atoms with Crippen LogP contribution in [0.1, 0.15) is 23.3 Å². The fourth-order valence-corrected chi connectivity index (χ4v) is 9.21. The Morgan fingerprint density at radius 3 is 1.74 bits per heavy atom. The largest absolute Gasteiger partial charge is 0.359 e. The van der Waals surface area contributed by atoms with Crippen molar-refractivity contribution in [3.63, 3.8) is 0 Å². The van der Waals surface area contributed by atoms with Crippen LogP contribution >= 0.6 is 0 Å². The van der Waals surface area contributed by atoms with Crippen molar-refractivity contribution in [2.45, 2.75) is 12.2 Å². The van der Waals surface area contributed by atoms with Crippen LogP contribution in [0.3, 0.4) is 0 Å². The molecular formula is C50H32N2O. The Kier molecular flexibility index (Phi) is 5.96. The number of anilines is 3. The third kappa shape index (κ3) is 4.14. The van der Waals surface area contributed by atoms with Gasteiger partial charge in [-0.05, 0) is 75.3 Å². The van der Waals surface area contributed by atoms with Crippen LogP contribution in [-0.4, -0.2) is 4.40 Å². The molecule has 3 heterocycles. The molecule has 248 valence electrons. The van der Waals surface area contributed by atoms with Gasteiger partial charge < -0.3 is 14.0 Å². The second-order valence-corrected chi connectivity index (χ2v) is 14.4. The van der Waals surface area contributed by atoms with Crippen molar-refractivity contribution >= 4 is 55.2 Å². The van der Waals surface area contributed by atoms with Gasteiger partial charge in [-0.3, -0.25) is 0 Å². The lowest BCUT2D eigenvalue weighted by molar-refractivity contribution is 0.380. The van der Waals surface area contributed by atoms with E-state index in [1.54, 1.807) is 0 Å². The molecule has 2 unspecified atom stereocenters. The van der Waals surface area contributed by atoms with Crippen LogP contribution in [-0.2, 0) is 4.74 Å². The van der Waals surface area contributed by atoms with E-state index in [2.05, 4.69) is 191 Å². The molecule has 0 radical (unpaired) electrons. The summed E-state index contributed by atoms with van der Waals surface area (Å²) in [6.45, 7) is 0. The molecule has 0 spiro atoms. The van der Waals surface area contributed by atoms with Crippen LogP contribution in [0.25, 0.3) is 71.5 Å². The molecule has 8 aromatic carbocycles. The molecule has 12 rings (SSSR count). The molecule has 1 saturated heterocycles. The van der Waals surface area contributed by atoms with Gasteiger partial charge in [-0.1, -0.05) is 146 Å². The molecule has 2 aliphatic rings. The van der Waals surface area contributed by atoms with E-state index < -0.39 is 0 Å². The van der Waals surface area contributed by atoms with Gasteiger partial charge in [0.1, 0.15) is 12.2 Å². The van der Waals surface area contributed by atoms with Crippen LogP contribution in [0.4, 0.5) is 17.1 Å². The normalized spacial score (nSPS) is 15.8. The smallest absolute Gasteiger partial charge is 0.115 e. The zero-order valence-corrected chi connectivity index (χ0v) is 28.8. The third-order valence-corrected chi connectivity index (χ3v) is 11.5. The molecule has 0 saturated carbocycles. The summed E-state index contributed by atoms with van der Waals surface area (Å²) in [5.74, 6) is 0. The van der Waals surface area contributed by atoms with Crippen LogP contribution in [0.2, 0.25) is 0 Å². The van der Waals surface area contributed by atoms with Crippen molar-refractivity contribution in [3.8, 4) is 33.4 Å². The number of fused-ring (bicyclic) bond motifs is 12. The van der Waals surface area contributed by atoms with Gasteiger partial charge in [-0.15, -0.1) is 0 Å². The Hall–Kier alpha value is -6.68. The van der Waals surface area contributed by atoms with E-state index >= 15 is 0 Å². The molecule has 10 aromatic rings. The topological polar surface area (TPSA) is 20.2 Å².